The van der Waals surface area contributed by atoms with Gasteiger partial charge in [0.1, 0.15) is 10.3 Å². The number of H-pyrrole nitrogens is 1. The minimum atomic E-state index is -0.0609. The Hall–Kier alpha value is -2.01. The number of halogens is 1. The van der Waals surface area contributed by atoms with E-state index in [1.165, 1.54) is 0 Å². The van der Waals surface area contributed by atoms with Crippen LogP contribution in [-0.2, 0) is 0 Å². The summed E-state index contributed by atoms with van der Waals surface area (Å²) in [4.78, 5) is 23.5. The van der Waals surface area contributed by atoms with Crippen molar-refractivity contribution in [3.8, 4) is 0 Å². The van der Waals surface area contributed by atoms with E-state index in [0.29, 0.717) is 21.4 Å². The number of nitrogens with zero attached hydrogens (tertiary/aromatic N) is 2. The summed E-state index contributed by atoms with van der Waals surface area (Å²) in [6, 6.07) is 7.18. The van der Waals surface area contributed by atoms with Gasteiger partial charge in [0.25, 0.3) is 0 Å². The van der Waals surface area contributed by atoms with Gasteiger partial charge in [0, 0.05) is 35.1 Å². The number of fused-ring (bicyclic) bond motifs is 1. The third-order valence-electron chi connectivity index (χ3n) is 2.69. The van der Waals surface area contributed by atoms with Crippen molar-refractivity contribution in [1.29, 1.82) is 0 Å². The SMILES string of the molecule is O=C(c1ccc(Br)nc1)c1c[nH]c2ncccc12. The fraction of sp³-hybridized carbons (Fsp3) is 0. The number of carbonyl (C=O) groups is 1. The van der Waals surface area contributed by atoms with Crippen LogP contribution in [0.1, 0.15) is 15.9 Å². The number of hydrogen-bond acceptors (Lipinski definition) is 3. The van der Waals surface area contributed by atoms with Crippen molar-refractivity contribution in [3.63, 3.8) is 0 Å². The van der Waals surface area contributed by atoms with Crippen molar-refractivity contribution in [2.24, 2.45) is 0 Å². The Balaban J connectivity index is 2.09. The van der Waals surface area contributed by atoms with E-state index in [-0.39, 0.29) is 5.78 Å². The van der Waals surface area contributed by atoms with Crippen LogP contribution in [0.25, 0.3) is 11.0 Å². The van der Waals surface area contributed by atoms with Gasteiger partial charge >= 0.3 is 0 Å². The summed E-state index contributed by atoms with van der Waals surface area (Å²) in [5.74, 6) is -0.0609. The van der Waals surface area contributed by atoms with Gasteiger partial charge in [-0.15, -0.1) is 0 Å². The maximum absolute atomic E-state index is 12.3. The maximum Gasteiger partial charge on any atom is 0.196 e. The molecule has 88 valence electrons. The lowest BCUT2D eigenvalue weighted by Crippen LogP contribution is -2.00. The lowest BCUT2D eigenvalue weighted by Gasteiger charge is -1.99. The van der Waals surface area contributed by atoms with Gasteiger partial charge in [0.2, 0.25) is 0 Å². The molecule has 3 heterocycles. The van der Waals surface area contributed by atoms with Gasteiger partial charge in [-0.3, -0.25) is 4.79 Å². The second-order valence-corrected chi connectivity index (χ2v) is 4.61. The van der Waals surface area contributed by atoms with Crippen LogP contribution in [0.15, 0.2) is 47.5 Å². The first kappa shape index (κ1) is 11.1. The van der Waals surface area contributed by atoms with Crippen molar-refractivity contribution in [1.82, 2.24) is 15.0 Å². The highest BCUT2D eigenvalue weighted by atomic mass is 79.9. The van der Waals surface area contributed by atoms with E-state index < -0.39 is 0 Å². The Labute approximate surface area is 111 Å². The van der Waals surface area contributed by atoms with Crippen LogP contribution in [0.4, 0.5) is 0 Å². The average molecular weight is 302 g/mol. The van der Waals surface area contributed by atoms with Gasteiger partial charge < -0.3 is 4.98 Å². The topological polar surface area (TPSA) is 58.6 Å². The second-order valence-electron chi connectivity index (χ2n) is 3.80. The average Bonchev–Trinajstić information content (AvgIpc) is 2.82. The van der Waals surface area contributed by atoms with Crippen molar-refractivity contribution in [2.45, 2.75) is 0 Å². The summed E-state index contributed by atoms with van der Waals surface area (Å²) in [6.45, 7) is 0. The zero-order chi connectivity index (χ0) is 12.5. The van der Waals surface area contributed by atoms with Gasteiger partial charge in [-0.1, -0.05) is 0 Å². The van der Waals surface area contributed by atoms with Crippen LogP contribution in [0.5, 0.6) is 0 Å². The fourth-order valence-corrected chi connectivity index (χ4v) is 2.04. The molecular formula is C13H8BrN3O. The molecule has 0 bridgehead atoms. The molecule has 0 saturated heterocycles. The molecule has 0 atom stereocenters. The number of rotatable bonds is 2. The predicted molar refractivity (Wildman–Crippen MR) is 71.5 cm³/mol. The van der Waals surface area contributed by atoms with E-state index in [0.717, 1.165) is 5.39 Å². The molecule has 18 heavy (non-hydrogen) atoms. The van der Waals surface area contributed by atoms with Crippen molar-refractivity contribution < 1.29 is 4.79 Å². The maximum atomic E-state index is 12.3. The van der Waals surface area contributed by atoms with Crippen LogP contribution >= 0.6 is 15.9 Å². The molecule has 0 amide bonds. The molecule has 0 fully saturated rings. The van der Waals surface area contributed by atoms with E-state index in [2.05, 4.69) is 30.9 Å². The van der Waals surface area contributed by atoms with Gasteiger partial charge in [-0.2, -0.15) is 0 Å². The molecule has 0 aliphatic carbocycles. The normalized spacial score (nSPS) is 10.7. The standard InChI is InChI=1S/C13H8BrN3O/c14-11-4-3-8(6-16-11)12(18)10-7-17-13-9(10)2-1-5-15-13/h1-7H,(H,15,17). The van der Waals surface area contributed by atoms with Crippen molar-refractivity contribution >= 4 is 32.7 Å². The first-order valence-corrected chi connectivity index (χ1v) is 6.13. The van der Waals surface area contributed by atoms with Gasteiger partial charge in [0.05, 0.1) is 0 Å². The molecule has 0 saturated carbocycles. The minimum absolute atomic E-state index is 0.0609. The second kappa shape index (κ2) is 4.34. The number of nitrogens with one attached hydrogen (secondary N) is 1. The Morgan fingerprint density at radius 1 is 1.22 bits per heavy atom. The van der Waals surface area contributed by atoms with Gasteiger partial charge in [-0.25, -0.2) is 9.97 Å². The number of ketones is 1. The summed E-state index contributed by atoms with van der Waals surface area (Å²) in [6.07, 6.45) is 4.93. The molecule has 3 rings (SSSR count). The Kier molecular flexibility index (Phi) is 2.68. The van der Waals surface area contributed by atoms with Crippen LogP contribution in [0.3, 0.4) is 0 Å². The fourth-order valence-electron chi connectivity index (χ4n) is 1.81. The molecule has 1 N–H and O–H groups in total. The molecule has 0 spiro atoms. The quantitative estimate of drug-likeness (QED) is 0.585. The highest BCUT2D eigenvalue weighted by Gasteiger charge is 2.14. The number of pyridine rings is 2. The van der Waals surface area contributed by atoms with Crippen molar-refractivity contribution in [3.05, 3.63) is 58.6 Å². The molecule has 0 radical (unpaired) electrons. The smallest absolute Gasteiger partial charge is 0.196 e. The third-order valence-corrected chi connectivity index (χ3v) is 3.15. The summed E-state index contributed by atoms with van der Waals surface area (Å²) in [5.41, 5.74) is 1.89. The third kappa shape index (κ3) is 1.82. The highest BCUT2D eigenvalue weighted by molar-refractivity contribution is 9.10. The van der Waals surface area contributed by atoms with Crippen LogP contribution in [0, 0.1) is 0 Å². The van der Waals surface area contributed by atoms with Crippen LogP contribution in [0.2, 0.25) is 0 Å². The molecule has 0 aliphatic rings. The molecule has 5 heteroatoms. The number of carbonyl (C=O) groups excluding carboxylic acids is 1. The Morgan fingerprint density at radius 3 is 2.89 bits per heavy atom. The monoisotopic (exact) mass is 301 g/mol. The minimum Gasteiger partial charge on any atom is -0.345 e. The van der Waals surface area contributed by atoms with E-state index in [1.807, 2.05) is 12.1 Å². The molecule has 0 unspecified atom stereocenters. The molecule has 3 aromatic heterocycles. The van der Waals surface area contributed by atoms with Crippen LogP contribution in [-0.4, -0.2) is 20.7 Å². The first-order valence-electron chi connectivity index (χ1n) is 5.34. The van der Waals surface area contributed by atoms with E-state index >= 15 is 0 Å². The summed E-state index contributed by atoms with van der Waals surface area (Å²) >= 11 is 3.24. The Bertz CT molecular complexity index is 718. The lowest BCUT2D eigenvalue weighted by atomic mass is 10.1. The first-order chi connectivity index (χ1) is 8.75. The number of aromatic amines is 1. The number of hydrogen-bond donors (Lipinski definition) is 1. The molecule has 0 aliphatic heterocycles. The summed E-state index contributed by atoms with van der Waals surface area (Å²) in [7, 11) is 0. The highest BCUT2D eigenvalue weighted by Crippen LogP contribution is 2.19. The Morgan fingerprint density at radius 2 is 2.11 bits per heavy atom. The lowest BCUT2D eigenvalue weighted by molar-refractivity contribution is 0.104. The zero-order valence-electron chi connectivity index (χ0n) is 9.22. The number of aromatic nitrogens is 3. The predicted octanol–water partition coefficient (Wildman–Crippen LogP) is 2.95. The largest absolute Gasteiger partial charge is 0.345 e. The van der Waals surface area contributed by atoms with E-state index in [1.54, 1.807) is 30.7 Å². The van der Waals surface area contributed by atoms with Crippen LogP contribution < -0.4 is 0 Å². The van der Waals surface area contributed by atoms with Gasteiger partial charge in [0.15, 0.2) is 5.78 Å². The zero-order valence-corrected chi connectivity index (χ0v) is 10.8. The molecular weight excluding hydrogens is 294 g/mol. The van der Waals surface area contributed by atoms with E-state index in [4.69, 9.17) is 0 Å². The van der Waals surface area contributed by atoms with Gasteiger partial charge in [-0.05, 0) is 40.2 Å². The molecule has 0 aromatic carbocycles. The van der Waals surface area contributed by atoms with E-state index in [9.17, 15) is 4.79 Å². The van der Waals surface area contributed by atoms with Crippen molar-refractivity contribution in [2.75, 3.05) is 0 Å². The molecule has 3 aromatic rings. The summed E-state index contributed by atoms with van der Waals surface area (Å²) in [5, 5.41) is 0.824. The summed E-state index contributed by atoms with van der Waals surface area (Å²) < 4.78 is 0.708. The molecule has 4 nitrogen and oxygen atoms in total.